The highest BCUT2D eigenvalue weighted by atomic mass is 16.6. The third kappa shape index (κ3) is 18.0. The largest absolute Gasteiger partial charge is 0.460 e. The summed E-state index contributed by atoms with van der Waals surface area (Å²) in [6, 6.07) is 16.9. The molecule has 4 rings (SSSR count). The minimum atomic E-state index is -0.515. The number of benzene rings is 2. The van der Waals surface area contributed by atoms with Crippen molar-refractivity contribution in [2.75, 3.05) is 126 Å². The van der Waals surface area contributed by atoms with Crippen LogP contribution in [0.2, 0.25) is 0 Å². The van der Waals surface area contributed by atoms with Gasteiger partial charge in [0, 0.05) is 25.3 Å². The van der Waals surface area contributed by atoms with Gasteiger partial charge in [-0.2, -0.15) is 0 Å². The molecule has 0 radical (unpaired) electrons. The van der Waals surface area contributed by atoms with E-state index in [0.717, 1.165) is 11.1 Å². The van der Waals surface area contributed by atoms with Crippen LogP contribution in [0.5, 0.6) is 0 Å². The number of hydrogen-bond acceptors (Lipinski definition) is 14. The number of ether oxygens (including phenoxy) is 10. The van der Waals surface area contributed by atoms with Gasteiger partial charge < -0.3 is 52.4 Å². The molecular weight excluding hydrogens is 780 g/mol. The number of aromatic nitrogens is 4. The number of carbonyl (C=O) groups excluding carboxylic acids is 1. The molecule has 330 valence electrons. The number of carbonyl (C=O) groups is 1. The first kappa shape index (κ1) is 48.1. The highest BCUT2D eigenvalue weighted by molar-refractivity contribution is 5.87. The number of esters is 1. The summed E-state index contributed by atoms with van der Waals surface area (Å²) in [5.41, 5.74) is 2.04. The summed E-state index contributed by atoms with van der Waals surface area (Å²) in [6.07, 6.45) is 3.60. The third-order valence-electron chi connectivity index (χ3n) is 8.57. The van der Waals surface area contributed by atoms with Crippen molar-refractivity contribution in [3.05, 3.63) is 92.6 Å². The second kappa shape index (κ2) is 29.6. The lowest BCUT2D eigenvalue weighted by Gasteiger charge is -2.10. The minimum absolute atomic E-state index is 0.0902. The summed E-state index contributed by atoms with van der Waals surface area (Å²) in [5.74, 6) is -0.0842. The van der Waals surface area contributed by atoms with Gasteiger partial charge >= 0.3 is 11.7 Å². The Labute approximate surface area is 350 Å². The molecule has 2 aromatic carbocycles. The van der Waals surface area contributed by atoms with Gasteiger partial charge in [-0.25, -0.2) is 14.6 Å². The zero-order valence-electron chi connectivity index (χ0n) is 34.8. The van der Waals surface area contributed by atoms with Crippen LogP contribution < -0.4 is 11.2 Å². The van der Waals surface area contributed by atoms with Crippen molar-refractivity contribution in [1.29, 1.82) is 0 Å². The molecule has 0 saturated carbocycles. The Kier molecular flexibility index (Phi) is 23.8. The fourth-order valence-electron chi connectivity index (χ4n) is 5.62. The van der Waals surface area contributed by atoms with Crippen molar-refractivity contribution in [2.24, 2.45) is 0 Å². The molecule has 17 nitrogen and oxygen atoms in total. The van der Waals surface area contributed by atoms with Crippen LogP contribution in [0.1, 0.15) is 24.5 Å². The first-order chi connectivity index (χ1) is 29.5. The Morgan fingerprint density at radius 3 is 1.68 bits per heavy atom. The predicted octanol–water partition coefficient (Wildman–Crippen LogP) is 3.35. The number of imidazole rings is 1. The zero-order valence-corrected chi connectivity index (χ0v) is 34.8. The number of rotatable bonds is 34. The molecule has 2 aromatic heterocycles. The standard InChI is InChI=1S/C43H60N4O13/c1-3-14-46-42(49)39-41(47(43(46)50)34-36-8-5-4-6-9-36)45-40(44-39)37-11-7-10-35(33-37)12-13-38(48)60-32-31-59-30-29-58-28-27-57-26-25-56-24-23-55-22-21-54-20-19-53-18-17-52-16-15-51-2/h4-13,33H,3,14-32,34H2,1-2H3,(H,44,45). The Morgan fingerprint density at radius 2 is 1.17 bits per heavy atom. The monoisotopic (exact) mass is 840 g/mol. The number of nitrogens with zero attached hydrogens (tertiary/aromatic N) is 3. The van der Waals surface area contributed by atoms with Gasteiger partial charge in [0.05, 0.1) is 119 Å². The van der Waals surface area contributed by atoms with Crippen molar-refractivity contribution in [3.8, 4) is 11.4 Å². The van der Waals surface area contributed by atoms with Gasteiger partial charge in [0.25, 0.3) is 5.56 Å². The number of fused-ring (bicyclic) bond motifs is 1. The van der Waals surface area contributed by atoms with Gasteiger partial charge in [-0.1, -0.05) is 55.5 Å². The van der Waals surface area contributed by atoms with E-state index in [9.17, 15) is 14.4 Å². The Bertz CT molecular complexity index is 1930. The molecule has 0 saturated heterocycles. The minimum Gasteiger partial charge on any atom is -0.460 e. The second-order valence-electron chi connectivity index (χ2n) is 13.1. The molecule has 0 fully saturated rings. The lowest BCUT2D eigenvalue weighted by Crippen LogP contribution is -2.40. The summed E-state index contributed by atoms with van der Waals surface area (Å²) < 4.78 is 56.5. The van der Waals surface area contributed by atoms with E-state index in [1.54, 1.807) is 13.2 Å². The number of hydrogen-bond donors (Lipinski definition) is 1. The quantitative estimate of drug-likeness (QED) is 0.0411. The molecule has 17 heteroatoms. The lowest BCUT2D eigenvalue weighted by atomic mass is 10.1. The molecule has 0 aliphatic carbocycles. The van der Waals surface area contributed by atoms with Gasteiger partial charge in [0.2, 0.25) is 0 Å². The zero-order chi connectivity index (χ0) is 42.5. The van der Waals surface area contributed by atoms with Crippen LogP contribution in [0.4, 0.5) is 0 Å². The topological polar surface area (TPSA) is 182 Å². The predicted molar refractivity (Wildman–Crippen MR) is 224 cm³/mol. The van der Waals surface area contributed by atoms with Gasteiger partial charge in [0.1, 0.15) is 17.9 Å². The van der Waals surface area contributed by atoms with E-state index in [4.69, 9.17) is 52.4 Å². The summed E-state index contributed by atoms with van der Waals surface area (Å²) in [6.45, 7) is 10.5. The Hall–Kier alpha value is -4.56. The van der Waals surface area contributed by atoms with Crippen LogP contribution in [0.15, 0.2) is 70.3 Å². The van der Waals surface area contributed by atoms with Gasteiger partial charge in [0.15, 0.2) is 5.65 Å². The van der Waals surface area contributed by atoms with E-state index in [-0.39, 0.29) is 30.9 Å². The average Bonchev–Trinajstić information content (AvgIpc) is 3.72. The maximum absolute atomic E-state index is 13.4. The number of H-pyrrole nitrogens is 1. The van der Waals surface area contributed by atoms with Crippen LogP contribution in [-0.4, -0.2) is 151 Å². The van der Waals surface area contributed by atoms with E-state index in [1.165, 1.54) is 15.2 Å². The molecule has 0 bridgehead atoms. The lowest BCUT2D eigenvalue weighted by molar-refractivity contribution is -0.139. The normalized spacial score (nSPS) is 11.6. The number of aromatic amines is 1. The summed E-state index contributed by atoms with van der Waals surface area (Å²) in [4.78, 5) is 46.9. The molecule has 0 spiro atoms. The molecule has 60 heavy (non-hydrogen) atoms. The maximum atomic E-state index is 13.4. The maximum Gasteiger partial charge on any atom is 0.333 e. The van der Waals surface area contributed by atoms with Crippen LogP contribution >= 0.6 is 0 Å². The van der Waals surface area contributed by atoms with E-state index < -0.39 is 17.2 Å². The van der Waals surface area contributed by atoms with Crippen LogP contribution in [0.25, 0.3) is 28.6 Å². The van der Waals surface area contributed by atoms with Crippen molar-refractivity contribution in [2.45, 2.75) is 26.4 Å². The van der Waals surface area contributed by atoms with Gasteiger partial charge in [-0.3, -0.25) is 13.9 Å². The second-order valence-corrected chi connectivity index (χ2v) is 13.1. The molecule has 2 heterocycles. The van der Waals surface area contributed by atoms with Gasteiger partial charge in [-0.05, 0) is 29.7 Å². The summed E-state index contributed by atoms with van der Waals surface area (Å²) >= 11 is 0. The fraction of sp³-hybridized carbons (Fsp3) is 0.535. The van der Waals surface area contributed by atoms with Crippen molar-refractivity contribution >= 4 is 23.2 Å². The van der Waals surface area contributed by atoms with Crippen molar-refractivity contribution in [3.63, 3.8) is 0 Å². The first-order valence-corrected chi connectivity index (χ1v) is 20.3. The molecule has 0 aliphatic rings. The third-order valence-corrected chi connectivity index (χ3v) is 8.57. The van der Waals surface area contributed by atoms with Crippen molar-refractivity contribution in [1.82, 2.24) is 19.1 Å². The summed E-state index contributed by atoms with van der Waals surface area (Å²) in [5, 5.41) is 0. The smallest absolute Gasteiger partial charge is 0.333 e. The van der Waals surface area contributed by atoms with E-state index in [1.807, 2.05) is 61.5 Å². The number of methoxy groups -OCH3 is 1. The van der Waals surface area contributed by atoms with Gasteiger partial charge in [-0.15, -0.1) is 0 Å². The highest BCUT2D eigenvalue weighted by Crippen LogP contribution is 2.21. The SMILES string of the molecule is CCCn1c(=O)c2[nH]c(-c3cccc(C=CC(=O)OCCOCCOCCOCCOCCOCCOCCOCCOCCOC)c3)nc2n(Cc2ccccc2)c1=O. The average molecular weight is 841 g/mol. The highest BCUT2D eigenvalue weighted by Gasteiger charge is 2.18. The number of nitrogens with one attached hydrogen (secondary N) is 1. The molecule has 0 aliphatic heterocycles. The van der Waals surface area contributed by atoms with E-state index in [0.29, 0.717) is 130 Å². The van der Waals surface area contributed by atoms with Crippen LogP contribution in [-0.2, 0) is 65.3 Å². The van der Waals surface area contributed by atoms with Crippen LogP contribution in [0, 0.1) is 0 Å². The molecule has 1 N–H and O–H groups in total. The molecule has 4 aromatic rings. The summed E-state index contributed by atoms with van der Waals surface area (Å²) in [7, 11) is 1.64. The van der Waals surface area contributed by atoms with Crippen molar-refractivity contribution < 1.29 is 52.2 Å². The van der Waals surface area contributed by atoms with Crippen LogP contribution in [0.3, 0.4) is 0 Å². The Morgan fingerprint density at radius 1 is 0.650 bits per heavy atom. The molecule has 0 unspecified atom stereocenters. The first-order valence-electron chi connectivity index (χ1n) is 20.3. The van der Waals surface area contributed by atoms with E-state index in [2.05, 4.69) is 4.98 Å². The molecular formula is C43H60N4O13. The fourth-order valence-corrected chi connectivity index (χ4v) is 5.62. The van der Waals surface area contributed by atoms with E-state index >= 15 is 0 Å². The molecule has 0 atom stereocenters. The Balaban J connectivity index is 1.01. The molecule has 0 amide bonds.